The SMILES string of the molecule is CC1CCCN1C[C@H](O)CNS(=O)(=O)c1cccc2ccccc12.O=C(O)C(F)(F)F. The van der Waals surface area contributed by atoms with Crippen LogP contribution < -0.4 is 4.72 Å². The number of benzene rings is 2. The molecule has 0 spiro atoms. The molecule has 0 aliphatic carbocycles. The highest BCUT2D eigenvalue weighted by Crippen LogP contribution is 2.22. The number of carbonyl (C=O) groups is 1. The number of rotatable bonds is 6. The van der Waals surface area contributed by atoms with Gasteiger partial charge < -0.3 is 10.2 Å². The minimum atomic E-state index is -5.08. The molecule has 0 saturated carbocycles. The molecule has 0 bridgehead atoms. The molecule has 2 atom stereocenters. The van der Waals surface area contributed by atoms with Crippen LogP contribution in [0.3, 0.4) is 0 Å². The van der Waals surface area contributed by atoms with Crippen LogP contribution in [0.25, 0.3) is 10.8 Å². The molecule has 0 aromatic heterocycles. The number of sulfonamides is 1. The van der Waals surface area contributed by atoms with Crippen molar-refractivity contribution in [2.45, 2.75) is 43.0 Å². The van der Waals surface area contributed by atoms with Crippen molar-refractivity contribution < 1.29 is 36.6 Å². The summed E-state index contributed by atoms with van der Waals surface area (Å²) in [5, 5.41) is 18.9. The van der Waals surface area contributed by atoms with Crippen LogP contribution in [0, 0.1) is 0 Å². The number of hydrogen-bond donors (Lipinski definition) is 3. The molecule has 3 N–H and O–H groups in total. The van der Waals surface area contributed by atoms with Gasteiger partial charge in [0.15, 0.2) is 0 Å². The summed E-state index contributed by atoms with van der Waals surface area (Å²) in [7, 11) is -3.66. The number of carboxylic acid groups (broad SMARTS) is 1. The molecule has 1 fully saturated rings. The highest BCUT2D eigenvalue weighted by molar-refractivity contribution is 7.89. The van der Waals surface area contributed by atoms with E-state index in [0.29, 0.717) is 18.0 Å². The van der Waals surface area contributed by atoms with Crippen molar-refractivity contribution in [1.29, 1.82) is 0 Å². The Morgan fingerprint density at radius 1 is 1.23 bits per heavy atom. The van der Waals surface area contributed by atoms with Crippen molar-refractivity contribution in [2.24, 2.45) is 0 Å². The number of hydrogen-bond acceptors (Lipinski definition) is 5. The predicted molar refractivity (Wildman–Crippen MR) is 109 cm³/mol. The van der Waals surface area contributed by atoms with Gasteiger partial charge in [-0.3, -0.25) is 4.90 Å². The molecule has 3 rings (SSSR count). The van der Waals surface area contributed by atoms with Gasteiger partial charge in [-0.25, -0.2) is 17.9 Å². The maximum absolute atomic E-state index is 12.6. The van der Waals surface area contributed by atoms with Gasteiger partial charge in [0.2, 0.25) is 10.0 Å². The fourth-order valence-electron chi connectivity index (χ4n) is 3.31. The second-order valence-corrected chi connectivity index (χ2v) is 9.01. The van der Waals surface area contributed by atoms with Crippen LogP contribution in [-0.4, -0.2) is 67.5 Å². The van der Waals surface area contributed by atoms with E-state index in [-0.39, 0.29) is 11.4 Å². The van der Waals surface area contributed by atoms with Crippen LogP contribution in [-0.2, 0) is 14.8 Å². The number of nitrogens with zero attached hydrogens (tertiary/aromatic N) is 1. The second kappa shape index (κ2) is 10.4. The summed E-state index contributed by atoms with van der Waals surface area (Å²) in [5.74, 6) is -2.76. The highest BCUT2D eigenvalue weighted by Gasteiger charge is 2.38. The van der Waals surface area contributed by atoms with E-state index < -0.39 is 28.3 Å². The van der Waals surface area contributed by atoms with Gasteiger partial charge in [-0.05, 0) is 37.8 Å². The van der Waals surface area contributed by atoms with E-state index in [9.17, 15) is 26.7 Å². The molecule has 31 heavy (non-hydrogen) atoms. The maximum atomic E-state index is 12.6. The Balaban J connectivity index is 0.000000423. The number of nitrogens with one attached hydrogen (secondary N) is 1. The molecule has 1 aliphatic heterocycles. The minimum Gasteiger partial charge on any atom is -0.475 e. The molecule has 0 radical (unpaired) electrons. The molecule has 2 aromatic carbocycles. The third kappa shape index (κ3) is 7.17. The first-order valence-electron chi connectivity index (χ1n) is 9.61. The number of fused-ring (bicyclic) bond motifs is 1. The number of β-amino-alcohol motifs (C(OH)–C–C–N with tert-alkyl or cyclic N) is 1. The van der Waals surface area contributed by atoms with E-state index >= 15 is 0 Å². The van der Waals surface area contributed by atoms with Crippen LogP contribution in [0.5, 0.6) is 0 Å². The van der Waals surface area contributed by atoms with Crippen molar-refractivity contribution in [3.05, 3.63) is 42.5 Å². The van der Waals surface area contributed by atoms with E-state index in [1.165, 1.54) is 0 Å². The number of alkyl halides is 3. The first kappa shape index (κ1) is 25.1. The van der Waals surface area contributed by atoms with Crippen LogP contribution in [0.15, 0.2) is 47.4 Å². The molecule has 11 heteroatoms. The van der Waals surface area contributed by atoms with E-state index in [1.807, 2.05) is 24.3 Å². The van der Waals surface area contributed by atoms with Gasteiger partial charge in [0, 0.05) is 24.5 Å². The van der Waals surface area contributed by atoms with Crippen molar-refractivity contribution in [3.63, 3.8) is 0 Å². The first-order valence-corrected chi connectivity index (χ1v) is 11.1. The summed E-state index contributed by atoms with van der Waals surface area (Å²) >= 11 is 0. The zero-order chi connectivity index (χ0) is 23.2. The number of halogens is 3. The standard InChI is InChI=1S/C18H24N2O3S.C2HF3O2/c1-14-6-5-11-20(14)13-16(21)12-19-24(22,23)18-10-4-8-15-7-2-3-9-17(15)18;3-2(4,5)1(6)7/h2-4,7-10,14,16,19,21H,5-6,11-13H2,1H3;(H,6,7)/t14?,16-;/m1./s1. The topological polar surface area (TPSA) is 107 Å². The molecule has 7 nitrogen and oxygen atoms in total. The first-order chi connectivity index (χ1) is 14.4. The number of likely N-dealkylation sites (tertiary alicyclic amines) is 1. The molecule has 1 unspecified atom stereocenters. The average Bonchev–Trinajstić information content (AvgIpc) is 3.10. The summed E-state index contributed by atoms with van der Waals surface area (Å²) in [6.45, 7) is 3.63. The van der Waals surface area contributed by atoms with Crippen molar-refractivity contribution >= 4 is 26.8 Å². The highest BCUT2D eigenvalue weighted by atomic mass is 32.2. The lowest BCUT2D eigenvalue weighted by Crippen LogP contribution is -2.41. The van der Waals surface area contributed by atoms with Gasteiger partial charge >= 0.3 is 12.1 Å². The summed E-state index contributed by atoms with van der Waals surface area (Å²) in [6.07, 6.45) is -3.53. The number of aliphatic carboxylic acids is 1. The summed E-state index contributed by atoms with van der Waals surface area (Å²) < 4.78 is 59.5. The fourth-order valence-corrected chi connectivity index (χ4v) is 4.61. The van der Waals surface area contributed by atoms with E-state index in [2.05, 4.69) is 16.5 Å². The Morgan fingerprint density at radius 3 is 2.42 bits per heavy atom. The average molecular weight is 462 g/mol. The van der Waals surface area contributed by atoms with Crippen LogP contribution in [0.4, 0.5) is 13.2 Å². The van der Waals surface area contributed by atoms with Crippen molar-refractivity contribution in [2.75, 3.05) is 19.6 Å². The Hall–Kier alpha value is -2.21. The van der Waals surface area contributed by atoms with Crippen molar-refractivity contribution in [3.8, 4) is 0 Å². The van der Waals surface area contributed by atoms with E-state index in [0.717, 1.165) is 24.8 Å². The lowest BCUT2D eigenvalue weighted by atomic mass is 10.1. The molecule has 0 amide bonds. The van der Waals surface area contributed by atoms with Crippen LogP contribution in [0.1, 0.15) is 19.8 Å². The van der Waals surface area contributed by atoms with Gasteiger partial charge in [-0.1, -0.05) is 36.4 Å². The van der Waals surface area contributed by atoms with Crippen LogP contribution >= 0.6 is 0 Å². The van der Waals surface area contributed by atoms with E-state index in [1.54, 1.807) is 18.2 Å². The molecular formula is C20H25F3N2O5S. The third-order valence-corrected chi connectivity index (χ3v) is 6.41. The van der Waals surface area contributed by atoms with E-state index in [4.69, 9.17) is 9.90 Å². The molecular weight excluding hydrogens is 437 g/mol. The zero-order valence-corrected chi connectivity index (χ0v) is 17.7. The summed E-state index contributed by atoms with van der Waals surface area (Å²) in [6, 6.07) is 13.1. The Morgan fingerprint density at radius 2 is 1.84 bits per heavy atom. The molecule has 172 valence electrons. The van der Waals surface area contributed by atoms with Gasteiger partial charge in [0.25, 0.3) is 0 Å². The predicted octanol–water partition coefficient (Wildman–Crippen LogP) is 2.60. The zero-order valence-electron chi connectivity index (χ0n) is 16.8. The minimum absolute atomic E-state index is 0.0226. The quantitative estimate of drug-likeness (QED) is 0.609. The van der Waals surface area contributed by atoms with Crippen LogP contribution in [0.2, 0.25) is 0 Å². The normalized spacial score (nSPS) is 18.4. The Bertz CT molecular complexity index is 992. The number of carboxylic acids is 1. The lowest BCUT2D eigenvalue weighted by molar-refractivity contribution is -0.192. The third-order valence-electron chi connectivity index (χ3n) is 4.93. The Kier molecular flexibility index (Phi) is 8.41. The molecule has 2 aromatic rings. The lowest BCUT2D eigenvalue weighted by Gasteiger charge is -2.24. The fraction of sp³-hybridized carbons (Fsp3) is 0.450. The molecule has 1 heterocycles. The number of aliphatic hydroxyl groups is 1. The summed E-state index contributed by atoms with van der Waals surface area (Å²) in [5.41, 5.74) is 0. The van der Waals surface area contributed by atoms with Gasteiger partial charge in [0.05, 0.1) is 11.0 Å². The monoisotopic (exact) mass is 462 g/mol. The van der Waals surface area contributed by atoms with Crippen molar-refractivity contribution in [1.82, 2.24) is 9.62 Å². The largest absolute Gasteiger partial charge is 0.490 e. The van der Waals surface area contributed by atoms with Gasteiger partial charge in [-0.15, -0.1) is 0 Å². The number of aliphatic hydroxyl groups excluding tert-OH is 1. The second-order valence-electron chi connectivity index (χ2n) is 7.27. The van der Waals surface area contributed by atoms with Gasteiger partial charge in [-0.2, -0.15) is 13.2 Å². The molecule has 1 aliphatic rings. The Labute approximate surface area is 178 Å². The maximum Gasteiger partial charge on any atom is 0.490 e. The van der Waals surface area contributed by atoms with Gasteiger partial charge in [0.1, 0.15) is 0 Å². The summed E-state index contributed by atoms with van der Waals surface area (Å²) in [4.78, 5) is 11.4. The molecule has 1 saturated heterocycles. The smallest absolute Gasteiger partial charge is 0.475 e.